The second kappa shape index (κ2) is 9.23. The summed E-state index contributed by atoms with van der Waals surface area (Å²) in [6, 6.07) is 5.29. The van der Waals surface area contributed by atoms with Gasteiger partial charge in [0.1, 0.15) is 12.4 Å². The van der Waals surface area contributed by atoms with Crippen LogP contribution in [0.1, 0.15) is 31.4 Å². The molecule has 0 aromatic carbocycles. The molecule has 2 amide bonds. The molecule has 0 radical (unpaired) electrons. The third-order valence-electron chi connectivity index (χ3n) is 8.33. The number of rotatable bonds is 7. The van der Waals surface area contributed by atoms with Gasteiger partial charge < -0.3 is 24.2 Å². The Hall–Kier alpha value is -3.18. The van der Waals surface area contributed by atoms with E-state index >= 15 is 0 Å². The highest BCUT2D eigenvalue weighted by Crippen LogP contribution is 2.44. The molecule has 1 spiro atoms. The number of ether oxygens (including phenoxy) is 1. The molecule has 3 aliphatic rings. The molecule has 3 aromatic rings. The normalized spacial score (nSPS) is 21.4. The second-order valence-corrected chi connectivity index (χ2v) is 17.8. The van der Waals surface area contributed by atoms with E-state index in [9.17, 15) is 14.7 Å². The molecule has 11 heteroatoms. The van der Waals surface area contributed by atoms with Crippen LogP contribution in [0.25, 0.3) is 22.3 Å². The van der Waals surface area contributed by atoms with Gasteiger partial charge in [-0.25, -0.2) is 9.78 Å². The Kier molecular flexibility index (Phi) is 6.10. The minimum absolute atomic E-state index is 0.140. The van der Waals surface area contributed by atoms with E-state index in [0.717, 1.165) is 65.5 Å². The maximum absolute atomic E-state index is 12.7. The summed E-state index contributed by atoms with van der Waals surface area (Å²) in [5, 5.41) is 15.3. The topological polar surface area (TPSA) is 106 Å². The van der Waals surface area contributed by atoms with Gasteiger partial charge in [0.05, 0.1) is 11.4 Å². The van der Waals surface area contributed by atoms with Crippen LogP contribution in [0.3, 0.4) is 0 Å². The highest BCUT2D eigenvalue weighted by Gasteiger charge is 2.47. The van der Waals surface area contributed by atoms with Crippen LogP contribution in [0.15, 0.2) is 24.5 Å². The summed E-state index contributed by atoms with van der Waals surface area (Å²) < 4.78 is 10.1. The lowest BCUT2D eigenvalue weighted by Crippen LogP contribution is -2.32. The first kappa shape index (κ1) is 25.1. The zero-order valence-electron chi connectivity index (χ0n) is 22.4. The first-order valence-corrected chi connectivity index (χ1v) is 17.3. The summed E-state index contributed by atoms with van der Waals surface area (Å²) >= 11 is 0. The smallest absolute Gasteiger partial charge is 0.407 e. The molecule has 0 bridgehead atoms. The van der Waals surface area contributed by atoms with Crippen LogP contribution in [0.5, 0.6) is 0 Å². The number of fused-ring (bicyclic) bond motifs is 3. The van der Waals surface area contributed by atoms with Crippen LogP contribution < -0.4 is 4.90 Å². The summed E-state index contributed by atoms with van der Waals surface area (Å²) in [6.45, 7) is 10.7. The Labute approximate surface area is 223 Å². The monoisotopic (exact) mass is 536 g/mol. The number of carboxylic acid groups (broad SMARTS) is 1. The number of carbonyl (C=O) groups excluding carboxylic acids is 1. The van der Waals surface area contributed by atoms with Gasteiger partial charge >= 0.3 is 6.09 Å². The molecule has 2 saturated heterocycles. The van der Waals surface area contributed by atoms with Crippen molar-refractivity contribution in [3.8, 4) is 11.3 Å². The van der Waals surface area contributed by atoms with Gasteiger partial charge in [0, 0.05) is 81.7 Å². The average Bonchev–Trinajstić information content (AvgIpc) is 3.67. The van der Waals surface area contributed by atoms with Gasteiger partial charge in [-0.15, -0.1) is 0 Å². The van der Waals surface area contributed by atoms with Crippen molar-refractivity contribution in [3.05, 3.63) is 30.2 Å². The lowest BCUT2D eigenvalue weighted by Gasteiger charge is -2.21. The molecule has 1 N–H and O–H groups in total. The van der Waals surface area contributed by atoms with Gasteiger partial charge in [-0.3, -0.25) is 9.48 Å². The van der Waals surface area contributed by atoms with E-state index in [0.29, 0.717) is 39.4 Å². The lowest BCUT2D eigenvalue weighted by molar-refractivity contribution is -0.117. The van der Waals surface area contributed by atoms with Gasteiger partial charge in [0.25, 0.3) is 0 Å². The first-order chi connectivity index (χ1) is 18.1. The third kappa shape index (κ3) is 4.41. The Morgan fingerprint density at radius 2 is 2.00 bits per heavy atom. The SMILES string of the molecule is C[Si](C)(C)CCOCn1cc(N2CCCC2=O)c2cc(-c3cc4n(n3)CCC43CCN(C(=O)O)C3)cnc21. The minimum Gasteiger partial charge on any atom is -0.465 e. The minimum atomic E-state index is -1.19. The average molecular weight is 537 g/mol. The standard InChI is InChI=1S/C27H36N6O4Si/c1-38(2,3)12-11-37-18-31-16-22(32-8-4-5-24(32)34)20-13-19(15-28-25(20)31)21-14-23-27(7-10-33(23)29-21)6-9-30(17-27)26(35)36/h13-16H,4-12,17-18H2,1-3H3,(H,35,36). The molecule has 202 valence electrons. The summed E-state index contributed by atoms with van der Waals surface area (Å²) in [6.07, 6.45) is 6.15. The van der Waals surface area contributed by atoms with E-state index in [1.807, 2.05) is 26.5 Å². The largest absolute Gasteiger partial charge is 0.465 e. The third-order valence-corrected chi connectivity index (χ3v) is 10.0. The maximum atomic E-state index is 12.7. The highest BCUT2D eigenvalue weighted by molar-refractivity contribution is 6.76. The van der Waals surface area contributed by atoms with Crippen molar-refractivity contribution in [2.75, 3.05) is 31.1 Å². The first-order valence-electron chi connectivity index (χ1n) is 13.6. The number of anilines is 1. The van der Waals surface area contributed by atoms with Gasteiger partial charge in [-0.2, -0.15) is 5.10 Å². The molecular formula is C27H36N6O4Si. The lowest BCUT2D eigenvalue weighted by atomic mass is 9.82. The molecule has 3 aliphatic heterocycles. The highest BCUT2D eigenvalue weighted by atomic mass is 28.3. The number of aromatic nitrogens is 4. The number of aryl methyl sites for hydroxylation is 1. The number of pyridine rings is 1. The van der Waals surface area contributed by atoms with E-state index in [4.69, 9.17) is 14.8 Å². The van der Waals surface area contributed by atoms with E-state index < -0.39 is 14.2 Å². The molecule has 6 heterocycles. The molecule has 1 atom stereocenters. The van der Waals surface area contributed by atoms with Crippen molar-refractivity contribution in [2.24, 2.45) is 0 Å². The van der Waals surface area contributed by atoms with E-state index in [1.165, 1.54) is 4.90 Å². The van der Waals surface area contributed by atoms with Crippen LogP contribution in [0, 0.1) is 0 Å². The Balaban J connectivity index is 1.32. The number of amides is 2. The zero-order valence-corrected chi connectivity index (χ0v) is 23.4. The van der Waals surface area contributed by atoms with Gasteiger partial charge in [0.2, 0.25) is 5.91 Å². The molecule has 3 aromatic heterocycles. The number of hydrogen-bond donors (Lipinski definition) is 1. The van der Waals surface area contributed by atoms with Crippen LogP contribution in [0.2, 0.25) is 25.7 Å². The Morgan fingerprint density at radius 1 is 1.18 bits per heavy atom. The molecule has 6 rings (SSSR count). The summed E-state index contributed by atoms with van der Waals surface area (Å²) in [5.74, 6) is 0.140. The Bertz CT molecular complexity index is 1410. The number of carbonyl (C=O) groups is 2. The van der Waals surface area contributed by atoms with Crippen LogP contribution in [0.4, 0.5) is 10.5 Å². The van der Waals surface area contributed by atoms with E-state index in [-0.39, 0.29) is 11.3 Å². The van der Waals surface area contributed by atoms with Crippen LogP contribution >= 0.6 is 0 Å². The summed E-state index contributed by atoms with van der Waals surface area (Å²) in [4.78, 5) is 32.4. The fourth-order valence-corrected chi connectivity index (χ4v) is 6.86. The summed E-state index contributed by atoms with van der Waals surface area (Å²) in [5.41, 5.74) is 4.35. The van der Waals surface area contributed by atoms with Crippen molar-refractivity contribution < 1.29 is 19.4 Å². The van der Waals surface area contributed by atoms with Crippen LogP contribution in [-0.2, 0) is 28.2 Å². The molecule has 1 unspecified atom stereocenters. The number of nitrogens with zero attached hydrogens (tertiary/aromatic N) is 6. The Morgan fingerprint density at radius 3 is 2.71 bits per heavy atom. The fourth-order valence-electron chi connectivity index (χ4n) is 6.10. The number of hydrogen-bond acceptors (Lipinski definition) is 5. The molecule has 38 heavy (non-hydrogen) atoms. The van der Waals surface area contributed by atoms with Crippen molar-refractivity contribution in [1.29, 1.82) is 0 Å². The molecule has 10 nitrogen and oxygen atoms in total. The molecular weight excluding hydrogens is 500 g/mol. The molecule has 0 saturated carbocycles. The quantitative estimate of drug-likeness (QED) is 0.355. The second-order valence-electron chi connectivity index (χ2n) is 12.2. The number of likely N-dealkylation sites (tertiary alicyclic amines) is 1. The van der Waals surface area contributed by atoms with Gasteiger partial charge in [-0.1, -0.05) is 19.6 Å². The zero-order chi connectivity index (χ0) is 26.7. The van der Waals surface area contributed by atoms with E-state index in [1.54, 1.807) is 0 Å². The van der Waals surface area contributed by atoms with Crippen molar-refractivity contribution in [2.45, 2.75) is 70.1 Å². The predicted octanol–water partition coefficient (Wildman–Crippen LogP) is 4.36. The molecule has 2 fully saturated rings. The fraction of sp³-hybridized carbons (Fsp3) is 0.556. The summed E-state index contributed by atoms with van der Waals surface area (Å²) in [7, 11) is -1.19. The maximum Gasteiger partial charge on any atom is 0.407 e. The van der Waals surface area contributed by atoms with Crippen LogP contribution in [-0.4, -0.2) is 75.7 Å². The van der Waals surface area contributed by atoms with E-state index in [2.05, 4.69) is 31.8 Å². The van der Waals surface area contributed by atoms with Crippen molar-refractivity contribution in [1.82, 2.24) is 24.2 Å². The van der Waals surface area contributed by atoms with Gasteiger partial charge in [0.15, 0.2) is 0 Å². The van der Waals surface area contributed by atoms with Crippen molar-refractivity contribution in [3.63, 3.8) is 0 Å². The van der Waals surface area contributed by atoms with Crippen molar-refractivity contribution >= 4 is 36.8 Å². The molecule has 0 aliphatic carbocycles. The van der Waals surface area contributed by atoms with Gasteiger partial charge in [-0.05, 0) is 37.4 Å². The predicted molar refractivity (Wildman–Crippen MR) is 147 cm³/mol.